The summed E-state index contributed by atoms with van der Waals surface area (Å²) in [5.74, 6) is -0.198. The maximum Gasteiger partial charge on any atom is 0.299 e. The van der Waals surface area contributed by atoms with Crippen LogP contribution in [0.1, 0.15) is 36.5 Å². The number of Topliss-reactive ketones (excluding diaryl/α,β-unsaturated/α-hetero) is 1. The Balaban J connectivity index is 1.73. The van der Waals surface area contributed by atoms with Gasteiger partial charge in [-0.1, -0.05) is 6.42 Å². The van der Waals surface area contributed by atoms with Crippen molar-refractivity contribution in [1.29, 1.82) is 0 Å². The van der Waals surface area contributed by atoms with Gasteiger partial charge in [-0.3, -0.25) is 9.59 Å². The maximum absolute atomic E-state index is 12.2. The first-order valence-corrected chi connectivity index (χ1v) is 8.06. The van der Waals surface area contributed by atoms with Crippen molar-refractivity contribution in [2.75, 3.05) is 37.7 Å². The second-order valence-electron chi connectivity index (χ2n) is 5.80. The number of hydrogen-bond acceptors (Lipinski definition) is 4. The third-order valence-electron chi connectivity index (χ3n) is 4.34. The van der Waals surface area contributed by atoms with Crippen LogP contribution in [0.5, 0.6) is 5.75 Å². The fraction of sp³-hybridized carbons (Fsp3) is 0.529. The molecule has 2 aliphatic heterocycles. The van der Waals surface area contributed by atoms with E-state index in [1.54, 1.807) is 11.0 Å². The van der Waals surface area contributed by atoms with Gasteiger partial charge >= 0.3 is 0 Å². The van der Waals surface area contributed by atoms with E-state index < -0.39 is 11.7 Å². The number of ketones is 1. The number of hydrogen-bond donors (Lipinski definition) is 0. The van der Waals surface area contributed by atoms with Gasteiger partial charge in [-0.25, -0.2) is 0 Å². The predicted molar refractivity (Wildman–Crippen MR) is 84.6 cm³/mol. The molecule has 5 nitrogen and oxygen atoms in total. The van der Waals surface area contributed by atoms with Crippen LogP contribution in [0.25, 0.3) is 0 Å². The summed E-state index contributed by atoms with van der Waals surface area (Å²) in [6, 6.07) is 5.32. The topological polar surface area (TPSA) is 49.9 Å². The molecule has 0 bridgehead atoms. The lowest BCUT2D eigenvalue weighted by atomic mass is 10.1. The molecule has 2 heterocycles. The van der Waals surface area contributed by atoms with Crippen LogP contribution >= 0.6 is 0 Å². The molecule has 1 fully saturated rings. The first-order chi connectivity index (χ1) is 10.7. The van der Waals surface area contributed by atoms with E-state index in [-0.39, 0.29) is 0 Å². The summed E-state index contributed by atoms with van der Waals surface area (Å²) in [6.45, 7) is 6.01. The molecular weight excluding hydrogens is 280 g/mol. The maximum atomic E-state index is 12.2. The van der Waals surface area contributed by atoms with Crippen molar-refractivity contribution in [1.82, 2.24) is 4.90 Å². The van der Waals surface area contributed by atoms with E-state index in [0.29, 0.717) is 24.5 Å². The first-order valence-electron chi connectivity index (χ1n) is 8.06. The van der Waals surface area contributed by atoms with E-state index in [2.05, 4.69) is 4.90 Å². The molecule has 0 aliphatic carbocycles. The average Bonchev–Trinajstić information content (AvgIpc) is 2.78. The Hall–Kier alpha value is -1.88. The minimum atomic E-state index is -0.421. The van der Waals surface area contributed by atoms with Crippen LogP contribution in [0, 0.1) is 0 Å². The summed E-state index contributed by atoms with van der Waals surface area (Å²) in [6.07, 6.45) is 3.74. The highest BCUT2D eigenvalue weighted by Crippen LogP contribution is 2.32. The van der Waals surface area contributed by atoms with Gasteiger partial charge in [0.2, 0.25) is 0 Å². The normalized spacial score (nSPS) is 18.7. The van der Waals surface area contributed by atoms with Crippen LogP contribution in [-0.2, 0) is 4.79 Å². The fourth-order valence-electron chi connectivity index (χ4n) is 3.18. The quantitative estimate of drug-likeness (QED) is 0.782. The Bertz CT molecular complexity index is 579. The van der Waals surface area contributed by atoms with Crippen molar-refractivity contribution >= 4 is 17.4 Å². The zero-order chi connectivity index (χ0) is 15.5. The molecule has 1 aromatic rings. The number of amides is 1. The molecule has 22 heavy (non-hydrogen) atoms. The van der Waals surface area contributed by atoms with Crippen molar-refractivity contribution in [3.8, 4) is 5.75 Å². The lowest BCUT2D eigenvalue weighted by Gasteiger charge is -2.28. The Morgan fingerprint density at radius 2 is 1.86 bits per heavy atom. The van der Waals surface area contributed by atoms with E-state index in [1.807, 2.05) is 19.1 Å². The van der Waals surface area contributed by atoms with Crippen LogP contribution in [0.3, 0.4) is 0 Å². The number of anilines is 1. The lowest BCUT2D eigenvalue weighted by molar-refractivity contribution is -0.114. The zero-order valence-corrected chi connectivity index (χ0v) is 13.0. The molecule has 0 aromatic heterocycles. The molecule has 1 amide bonds. The van der Waals surface area contributed by atoms with Gasteiger partial charge in [0.1, 0.15) is 5.75 Å². The van der Waals surface area contributed by atoms with Gasteiger partial charge in [0, 0.05) is 13.1 Å². The second kappa shape index (κ2) is 6.48. The molecule has 118 valence electrons. The summed E-state index contributed by atoms with van der Waals surface area (Å²) in [5, 5.41) is 0. The molecule has 1 aromatic carbocycles. The number of nitrogens with zero attached hydrogens (tertiary/aromatic N) is 2. The van der Waals surface area contributed by atoms with Crippen molar-refractivity contribution < 1.29 is 14.3 Å². The Kier molecular flexibility index (Phi) is 4.43. The van der Waals surface area contributed by atoms with Crippen LogP contribution in [0.15, 0.2) is 18.2 Å². The molecule has 5 heteroatoms. The number of likely N-dealkylation sites (tertiary alicyclic amines) is 1. The van der Waals surface area contributed by atoms with Gasteiger partial charge in [-0.2, -0.15) is 0 Å². The van der Waals surface area contributed by atoms with E-state index in [4.69, 9.17) is 4.74 Å². The highest BCUT2D eigenvalue weighted by Gasteiger charge is 2.36. The monoisotopic (exact) mass is 302 g/mol. The Labute approximate surface area is 130 Å². The van der Waals surface area contributed by atoms with Crippen molar-refractivity contribution in [2.24, 2.45) is 0 Å². The van der Waals surface area contributed by atoms with Gasteiger partial charge in [0.15, 0.2) is 0 Å². The molecule has 0 saturated carbocycles. The summed E-state index contributed by atoms with van der Waals surface area (Å²) >= 11 is 0. The number of carbonyl (C=O) groups is 2. The highest BCUT2D eigenvalue weighted by atomic mass is 16.5. The molecule has 0 N–H and O–H groups in total. The molecule has 0 radical (unpaired) electrons. The third kappa shape index (κ3) is 2.86. The molecule has 1 saturated heterocycles. The standard InChI is InChI=1S/C17H22N2O3/c1-2-22-13-6-7-15-14(12-13)16(20)17(21)19(15)11-10-18-8-4-3-5-9-18/h6-7,12H,2-5,8-11H2,1H3. The minimum absolute atomic E-state index is 0.416. The Morgan fingerprint density at radius 3 is 2.59 bits per heavy atom. The van der Waals surface area contributed by atoms with Gasteiger partial charge < -0.3 is 14.5 Å². The molecule has 0 unspecified atom stereocenters. The SMILES string of the molecule is CCOc1ccc2c(c1)C(=O)C(=O)N2CCN1CCCCC1. The number of benzene rings is 1. The van der Waals surface area contributed by atoms with Gasteiger partial charge in [-0.05, 0) is 51.1 Å². The van der Waals surface area contributed by atoms with Gasteiger partial charge in [0.05, 0.1) is 17.9 Å². The summed E-state index contributed by atoms with van der Waals surface area (Å²) in [5.41, 5.74) is 1.19. The minimum Gasteiger partial charge on any atom is -0.494 e. The van der Waals surface area contributed by atoms with Crippen LogP contribution in [0.2, 0.25) is 0 Å². The largest absolute Gasteiger partial charge is 0.494 e. The zero-order valence-electron chi connectivity index (χ0n) is 13.0. The predicted octanol–water partition coefficient (Wildman–Crippen LogP) is 2.10. The Morgan fingerprint density at radius 1 is 1.09 bits per heavy atom. The van der Waals surface area contributed by atoms with E-state index in [1.165, 1.54) is 19.3 Å². The van der Waals surface area contributed by atoms with Crippen molar-refractivity contribution in [3.05, 3.63) is 23.8 Å². The van der Waals surface area contributed by atoms with E-state index in [9.17, 15) is 9.59 Å². The number of ether oxygens (including phenoxy) is 1. The second-order valence-corrected chi connectivity index (χ2v) is 5.80. The van der Waals surface area contributed by atoms with Crippen LogP contribution in [-0.4, -0.2) is 49.4 Å². The van der Waals surface area contributed by atoms with E-state index >= 15 is 0 Å². The third-order valence-corrected chi connectivity index (χ3v) is 4.34. The number of carbonyl (C=O) groups excluding carboxylic acids is 2. The summed E-state index contributed by atoms with van der Waals surface area (Å²) < 4.78 is 5.41. The van der Waals surface area contributed by atoms with Crippen LogP contribution in [0.4, 0.5) is 5.69 Å². The molecule has 0 spiro atoms. The molecule has 2 aliphatic rings. The van der Waals surface area contributed by atoms with Gasteiger partial charge in [0.25, 0.3) is 11.7 Å². The number of fused-ring (bicyclic) bond motifs is 1. The highest BCUT2D eigenvalue weighted by molar-refractivity contribution is 6.52. The molecule has 0 atom stereocenters. The number of rotatable bonds is 5. The van der Waals surface area contributed by atoms with E-state index in [0.717, 1.165) is 25.3 Å². The fourth-order valence-corrected chi connectivity index (χ4v) is 3.18. The van der Waals surface area contributed by atoms with Crippen molar-refractivity contribution in [2.45, 2.75) is 26.2 Å². The molecular formula is C17H22N2O3. The van der Waals surface area contributed by atoms with Crippen LogP contribution < -0.4 is 9.64 Å². The smallest absolute Gasteiger partial charge is 0.299 e. The average molecular weight is 302 g/mol. The first kappa shape index (κ1) is 15.0. The van der Waals surface area contributed by atoms with Gasteiger partial charge in [-0.15, -0.1) is 0 Å². The summed E-state index contributed by atoms with van der Waals surface area (Å²) in [4.78, 5) is 28.4. The lowest BCUT2D eigenvalue weighted by Crippen LogP contribution is -2.40. The molecule has 3 rings (SSSR count). The number of piperidine rings is 1. The van der Waals surface area contributed by atoms with Crippen molar-refractivity contribution in [3.63, 3.8) is 0 Å². The summed E-state index contributed by atoms with van der Waals surface area (Å²) in [7, 11) is 0.